The van der Waals surface area contributed by atoms with Crippen molar-refractivity contribution >= 4 is 0 Å². The number of hydrogen-bond donors (Lipinski definition) is 1. The maximum atomic E-state index is 6.38. The summed E-state index contributed by atoms with van der Waals surface area (Å²) in [5, 5.41) is 0. The molecule has 0 bridgehead atoms. The number of likely N-dealkylation sites (tertiary alicyclic amines) is 1. The zero-order valence-electron chi connectivity index (χ0n) is 11.9. The van der Waals surface area contributed by atoms with Gasteiger partial charge in [-0.05, 0) is 44.4 Å². The fourth-order valence-electron chi connectivity index (χ4n) is 2.94. The van der Waals surface area contributed by atoms with Crippen LogP contribution in [0.2, 0.25) is 0 Å². The van der Waals surface area contributed by atoms with Crippen LogP contribution < -0.4 is 5.73 Å². The van der Waals surface area contributed by atoms with Gasteiger partial charge in [0, 0.05) is 12.6 Å². The molecule has 1 aromatic rings. The van der Waals surface area contributed by atoms with Crippen LogP contribution in [0.15, 0.2) is 16.5 Å². The molecular formula is C15H26N2O. The Kier molecular flexibility index (Phi) is 4.46. The van der Waals surface area contributed by atoms with Crippen molar-refractivity contribution in [2.45, 2.75) is 52.1 Å². The molecule has 2 N–H and O–H groups in total. The Hall–Kier alpha value is -0.800. The maximum Gasteiger partial charge on any atom is 0.122 e. The Morgan fingerprint density at radius 1 is 1.39 bits per heavy atom. The van der Waals surface area contributed by atoms with Crippen LogP contribution in [0.1, 0.15) is 50.7 Å². The average molecular weight is 250 g/mol. The minimum Gasteiger partial charge on any atom is -0.465 e. The molecule has 0 radical (unpaired) electrons. The third kappa shape index (κ3) is 3.15. The van der Waals surface area contributed by atoms with Crippen molar-refractivity contribution in [1.29, 1.82) is 0 Å². The fraction of sp³-hybridized carbons (Fsp3) is 0.733. The molecule has 0 aromatic carbocycles. The van der Waals surface area contributed by atoms with Gasteiger partial charge >= 0.3 is 0 Å². The van der Waals surface area contributed by atoms with Crippen LogP contribution >= 0.6 is 0 Å². The molecule has 102 valence electrons. The first-order valence-corrected chi connectivity index (χ1v) is 7.14. The second-order valence-corrected chi connectivity index (χ2v) is 5.94. The Morgan fingerprint density at radius 2 is 2.17 bits per heavy atom. The summed E-state index contributed by atoms with van der Waals surface area (Å²) in [6, 6.07) is 4.58. The van der Waals surface area contributed by atoms with Gasteiger partial charge in [0.2, 0.25) is 0 Å². The van der Waals surface area contributed by atoms with Gasteiger partial charge in [-0.15, -0.1) is 0 Å². The Morgan fingerprint density at radius 3 is 2.78 bits per heavy atom. The molecule has 2 heterocycles. The van der Waals surface area contributed by atoms with E-state index >= 15 is 0 Å². The quantitative estimate of drug-likeness (QED) is 0.896. The molecule has 1 aliphatic heterocycles. The number of nitrogens with two attached hydrogens (primary N) is 1. The molecule has 1 saturated heterocycles. The van der Waals surface area contributed by atoms with E-state index in [1.807, 2.05) is 13.0 Å². The summed E-state index contributed by atoms with van der Waals surface area (Å²) < 4.78 is 5.84. The third-order valence-corrected chi connectivity index (χ3v) is 3.68. The molecule has 1 aromatic heterocycles. The fourth-order valence-corrected chi connectivity index (χ4v) is 2.94. The Balaban J connectivity index is 2.22. The molecule has 0 aliphatic carbocycles. The lowest BCUT2D eigenvalue weighted by atomic mass is 10.0. The molecule has 1 fully saturated rings. The van der Waals surface area contributed by atoms with E-state index < -0.39 is 0 Å². The SMILES string of the molecule is Cc1ccc(C2C(N)CCCCN2CC(C)C)o1. The van der Waals surface area contributed by atoms with Crippen molar-refractivity contribution in [3.05, 3.63) is 23.7 Å². The van der Waals surface area contributed by atoms with E-state index in [0.29, 0.717) is 5.92 Å². The van der Waals surface area contributed by atoms with Crippen molar-refractivity contribution in [2.24, 2.45) is 11.7 Å². The van der Waals surface area contributed by atoms with Crippen molar-refractivity contribution < 1.29 is 4.42 Å². The molecular weight excluding hydrogens is 224 g/mol. The molecule has 18 heavy (non-hydrogen) atoms. The second kappa shape index (κ2) is 5.89. The lowest BCUT2D eigenvalue weighted by Gasteiger charge is -2.33. The van der Waals surface area contributed by atoms with Gasteiger partial charge in [-0.1, -0.05) is 20.3 Å². The standard InChI is InChI=1S/C15H26N2O/c1-11(2)10-17-9-5-4-6-13(16)15(17)14-8-7-12(3)18-14/h7-8,11,13,15H,4-6,9-10,16H2,1-3H3. The summed E-state index contributed by atoms with van der Waals surface area (Å²) >= 11 is 0. The van der Waals surface area contributed by atoms with E-state index in [2.05, 4.69) is 24.8 Å². The number of hydrogen-bond acceptors (Lipinski definition) is 3. The lowest BCUT2D eigenvalue weighted by molar-refractivity contribution is 0.145. The van der Waals surface area contributed by atoms with Gasteiger partial charge in [-0.2, -0.15) is 0 Å². The predicted molar refractivity (Wildman–Crippen MR) is 74.4 cm³/mol. The van der Waals surface area contributed by atoms with Crippen LogP contribution in [0.25, 0.3) is 0 Å². The smallest absolute Gasteiger partial charge is 0.122 e. The molecule has 3 nitrogen and oxygen atoms in total. The van der Waals surface area contributed by atoms with Gasteiger partial charge in [-0.3, -0.25) is 4.90 Å². The topological polar surface area (TPSA) is 42.4 Å². The van der Waals surface area contributed by atoms with E-state index in [9.17, 15) is 0 Å². The predicted octanol–water partition coefficient (Wildman–Crippen LogP) is 3.10. The summed E-state index contributed by atoms with van der Waals surface area (Å²) in [5.41, 5.74) is 6.38. The zero-order chi connectivity index (χ0) is 13.1. The molecule has 0 spiro atoms. The van der Waals surface area contributed by atoms with Crippen molar-refractivity contribution in [3.63, 3.8) is 0 Å². The highest BCUT2D eigenvalue weighted by Gasteiger charge is 2.31. The van der Waals surface area contributed by atoms with Crippen molar-refractivity contribution in [1.82, 2.24) is 4.90 Å². The van der Waals surface area contributed by atoms with Gasteiger partial charge in [0.25, 0.3) is 0 Å². The highest BCUT2D eigenvalue weighted by molar-refractivity contribution is 5.12. The van der Waals surface area contributed by atoms with E-state index in [1.54, 1.807) is 0 Å². The molecule has 0 saturated carbocycles. The van der Waals surface area contributed by atoms with Gasteiger partial charge < -0.3 is 10.2 Å². The summed E-state index contributed by atoms with van der Waals surface area (Å²) in [6.07, 6.45) is 3.57. The zero-order valence-corrected chi connectivity index (χ0v) is 11.9. The molecule has 3 heteroatoms. The highest BCUT2D eigenvalue weighted by Crippen LogP contribution is 2.31. The first-order chi connectivity index (χ1) is 8.58. The molecule has 1 aliphatic rings. The van der Waals surface area contributed by atoms with E-state index in [-0.39, 0.29) is 12.1 Å². The van der Waals surface area contributed by atoms with Crippen LogP contribution in [-0.2, 0) is 0 Å². The van der Waals surface area contributed by atoms with E-state index in [0.717, 1.165) is 31.0 Å². The molecule has 2 rings (SSSR count). The van der Waals surface area contributed by atoms with Crippen molar-refractivity contribution in [3.8, 4) is 0 Å². The minimum absolute atomic E-state index is 0.191. The normalized spacial score (nSPS) is 26.5. The van der Waals surface area contributed by atoms with Crippen LogP contribution in [0, 0.1) is 12.8 Å². The molecule has 2 atom stereocenters. The summed E-state index contributed by atoms with van der Waals surface area (Å²) in [5.74, 6) is 2.68. The van der Waals surface area contributed by atoms with Gasteiger partial charge in [0.1, 0.15) is 11.5 Å². The molecule has 2 unspecified atom stereocenters. The first kappa shape index (κ1) is 13.6. The van der Waals surface area contributed by atoms with Crippen LogP contribution in [0.4, 0.5) is 0 Å². The Labute approximate surface area is 110 Å². The van der Waals surface area contributed by atoms with Gasteiger partial charge in [-0.25, -0.2) is 0 Å². The van der Waals surface area contributed by atoms with E-state index in [4.69, 9.17) is 10.2 Å². The van der Waals surface area contributed by atoms with Gasteiger partial charge in [0.15, 0.2) is 0 Å². The number of rotatable bonds is 3. The first-order valence-electron chi connectivity index (χ1n) is 7.14. The van der Waals surface area contributed by atoms with Crippen molar-refractivity contribution in [2.75, 3.05) is 13.1 Å². The monoisotopic (exact) mass is 250 g/mol. The summed E-state index contributed by atoms with van der Waals surface area (Å²) in [4.78, 5) is 2.51. The summed E-state index contributed by atoms with van der Waals surface area (Å²) in [6.45, 7) is 8.76. The number of nitrogens with zero attached hydrogens (tertiary/aromatic N) is 1. The van der Waals surface area contributed by atoms with Crippen LogP contribution in [-0.4, -0.2) is 24.0 Å². The largest absolute Gasteiger partial charge is 0.465 e. The minimum atomic E-state index is 0.191. The summed E-state index contributed by atoms with van der Waals surface area (Å²) in [7, 11) is 0. The lowest BCUT2D eigenvalue weighted by Crippen LogP contribution is -2.41. The second-order valence-electron chi connectivity index (χ2n) is 5.94. The third-order valence-electron chi connectivity index (χ3n) is 3.68. The van der Waals surface area contributed by atoms with Crippen LogP contribution in [0.3, 0.4) is 0 Å². The van der Waals surface area contributed by atoms with E-state index in [1.165, 1.54) is 12.8 Å². The maximum absolute atomic E-state index is 6.38. The number of aryl methyl sites for hydroxylation is 1. The number of furan rings is 1. The highest BCUT2D eigenvalue weighted by atomic mass is 16.3. The van der Waals surface area contributed by atoms with Crippen LogP contribution in [0.5, 0.6) is 0 Å². The van der Waals surface area contributed by atoms with Gasteiger partial charge in [0.05, 0.1) is 6.04 Å². The Bertz CT molecular complexity index is 372. The average Bonchev–Trinajstić information content (AvgIpc) is 2.62. The molecule has 0 amide bonds.